The zero-order valence-electron chi connectivity index (χ0n) is 20.9. The number of fused-ring (bicyclic) bond motifs is 1. The molecule has 3 atom stereocenters. The Morgan fingerprint density at radius 1 is 1.03 bits per heavy atom. The van der Waals surface area contributed by atoms with Crippen molar-refractivity contribution < 1.29 is 14.3 Å². The second-order valence-corrected chi connectivity index (χ2v) is 10.6. The smallest absolute Gasteiger partial charge is 0.309 e. The Morgan fingerprint density at radius 3 is 2.48 bits per heavy atom. The van der Waals surface area contributed by atoms with E-state index in [1.165, 1.54) is 29.2 Å². The second-order valence-electron chi connectivity index (χ2n) is 10.6. The number of hydrogen-bond acceptors (Lipinski definition) is 4. The maximum absolute atomic E-state index is 12.0. The Balaban J connectivity index is 1.37. The summed E-state index contributed by atoms with van der Waals surface area (Å²) in [5, 5.41) is 2.50. The van der Waals surface area contributed by atoms with Crippen LogP contribution < -0.4 is 4.74 Å². The molecule has 0 aromatic heterocycles. The van der Waals surface area contributed by atoms with Gasteiger partial charge in [-0.15, -0.1) is 0 Å². The quantitative estimate of drug-likeness (QED) is 0.453. The van der Waals surface area contributed by atoms with E-state index in [-0.39, 0.29) is 11.9 Å². The van der Waals surface area contributed by atoms with Crippen LogP contribution in [-0.4, -0.2) is 36.7 Å². The largest absolute Gasteiger partial charge is 0.490 e. The van der Waals surface area contributed by atoms with Crippen molar-refractivity contribution in [3.8, 4) is 5.75 Å². The maximum Gasteiger partial charge on any atom is 0.309 e. The van der Waals surface area contributed by atoms with Gasteiger partial charge in [-0.25, -0.2) is 0 Å². The van der Waals surface area contributed by atoms with Gasteiger partial charge in [-0.05, 0) is 98.0 Å². The molecule has 4 nitrogen and oxygen atoms in total. The summed E-state index contributed by atoms with van der Waals surface area (Å²) in [6.45, 7) is 12.2. The van der Waals surface area contributed by atoms with Gasteiger partial charge in [0, 0.05) is 6.54 Å². The molecule has 1 aliphatic heterocycles. The van der Waals surface area contributed by atoms with E-state index >= 15 is 0 Å². The first kappa shape index (κ1) is 24.1. The Morgan fingerprint density at radius 2 is 1.76 bits per heavy atom. The zero-order valence-corrected chi connectivity index (χ0v) is 20.9. The Kier molecular flexibility index (Phi) is 7.95. The summed E-state index contributed by atoms with van der Waals surface area (Å²) in [4.78, 5) is 14.4. The molecule has 0 amide bonds. The van der Waals surface area contributed by atoms with E-state index in [2.05, 4.69) is 62.1 Å². The van der Waals surface area contributed by atoms with E-state index in [9.17, 15) is 4.79 Å². The van der Waals surface area contributed by atoms with Gasteiger partial charge in [0.25, 0.3) is 0 Å². The summed E-state index contributed by atoms with van der Waals surface area (Å²) in [6.07, 6.45) is 5.87. The molecule has 0 unspecified atom stereocenters. The average molecular weight is 452 g/mol. The number of carbonyl (C=O) groups is 1. The predicted octanol–water partition coefficient (Wildman–Crippen LogP) is 6.45. The highest BCUT2D eigenvalue weighted by atomic mass is 16.5. The summed E-state index contributed by atoms with van der Waals surface area (Å²) < 4.78 is 11.8. The monoisotopic (exact) mass is 451 g/mol. The predicted molar refractivity (Wildman–Crippen MR) is 134 cm³/mol. The maximum atomic E-state index is 12.0. The number of nitrogens with zero attached hydrogens (tertiary/aromatic N) is 1. The standard InChI is InChI=1S/C29H41NO3/c1-5-32-29(31)23-12-14-30(15-13-23)19-22-7-8-25-18-26(10-9-24(25)17-22)33-28-16-21(4)6-11-27(28)20(2)3/h7-10,17-18,20-21,23,27-28H,5-6,11-16,19H2,1-4H3/t21-,27+,28-/m1/s1. The van der Waals surface area contributed by atoms with Crippen LogP contribution in [0.5, 0.6) is 5.75 Å². The minimum absolute atomic E-state index is 0.0247. The van der Waals surface area contributed by atoms with Crippen molar-refractivity contribution in [2.75, 3.05) is 19.7 Å². The summed E-state index contributed by atoms with van der Waals surface area (Å²) in [6, 6.07) is 13.3. The van der Waals surface area contributed by atoms with E-state index in [1.807, 2.05) is 6.92 Å². The highest BCUT2D eigenvalue weighted by Crippen LogP contribution is 2.36. The van der Waals surface area contributed by atoms with Gasteiger partial charge in [0.15, 0.2) is 0 Å². The lowest BCUT2D eigenvalue weighted by Gasteiger charge is -2.37. The number of rotatable bonds is 7. The van der Waals surface area contributed by atoms with Gasteiger partial charge >= 0.3 is 5.97 Å². The second kappa shape index (κ2) is 10.9. The van der Waals surface area contributed by atoms with E-state index < -0.39 is 0 Å². The molecule has 33 heavy (non-hydrogen) atoms. The van der Waals surface area contributed by atoms with Crippen LogP contribution in [0.1, 0.15) is 65.4 Å². The summed E-state index contributed by atoms with van der Waals surface area (Å²) in [7, 11) is 0. The Hall–Kier alpha value is -2.07. The molecular formula is C29H41NO3. The number of benzene rings is 2. The molecule has 2 fully saturated rings. The molecule has 1 saturated carbocycles. The molecule has 1 aliphatic carbocycles. The number of ether oxygens (including phenoxy) is 2. The van der Waals surface area contributed by atoms with Crippen LogP contribution in [0.15, 0.2) is 36.4 Å². The van der Waals surface area contributed by atoms with Crippen LogP contribution in [0.2, 0.25) is 0 Å². The minimum Gasteiger partial charge on any atom is -0.490 e. The van der Waals surface area contributed by atoms with E-state index in [4.69, 9.17) is 9.47 Å². The van der Waals surface area contributed by atoms with E-state index in [1.54, 1.807) is 0 Å². The van der Waals surface area contributed by atoms with E-state index in [0.29, 0.717) is 24.5 Å². The van der Waals surface area contributed by atoms with Crippen LogP contribution in [0.4, 0.5) is 0 Å². The lowest BCUT2D eigenvalue weighted by molar-refractivity contribution is -0.149. The first-order valence-electron chi connectivity index (χ1n) is 13.0. The fourth-order valence-electron chi connectivity index (χ4n) is 5.72. The van der Waals surface area contributed by atoms with Crippen LogP contribution >= 0.6 is 0 Å². The molecule has 4 heteroatoms. The molecule has 0 N–H and O–H groups in total. The molecule has 180 valence electrons. The summed E-state index contributed by atoms with van der Waals surface area (Å²) in [5.41, 5.74) is 1.33. The third-order valence-electron chi connectivity index (χ3n) is 7.74. The fraction of sp³-hybridized carbons (Fsp3) is 0.621. The molecule has 1 heterocycles. The summed E-state index contributed by atoms with van der Waals surface area (Å²) >= 11 is 0. The minimum atomic E-state index is -0.0247. The highest BCUT2D eigenvalue weighted by molar-refractivity contribution is 5.84. The van der Waals surface area contributed by atoms with E-state index in [0.717, 1.165) is 50.6 Å². The van der Waals surface area contributed by atoms with Crippen LogP contribution in [0, 0.1) is 23.7 Å². The van der Waals surface area contributed by atoms with Crippen molar-refractivity contribution in [3.63, 3.8) is 0 Å². The van der Waals surface area contributed by atoms with Gasteiger partial charge in [0.05, 0.1) is 12.5 Å². The van der Waals surface area contributed by atoms with Crippen LogP contribution in [0.25, 0.3) is 10.8 Å². The van der Waals surface area contributed by atoms with Crippen molar-refractivity contribution in [2.45, 2.75) is 72.4 Å². The van der Waals surface area contributed by atoms with Gasteiger partial charge < -0.3 is 9.47 Å². The number of carbonyl (C=O) groups excluding carboxylic acids is 1. The van der Waals surface area contributed by atoms with Crippen molar-refractivity contribution in [1.82, 2.24) is 4.90 Å². The van der Waals surface area contributed by atoms with Gasteiger partial charge in [0.2, 0.25) is 0 Å². The molecule has 2 aromatic carbocycles. The Bertz CT molecular complexity index is 932. The third-order valence-corrected chi connectivity index (χ3v) is 7.74. The highest BCUT2D eigenvalue weighted by Gasteiger charge is 2.32. The SMILES string of the molecule is CCOC(=O)C1CCN(Cc2ccc3cc(O[C@@H]4C[C@H](C)CC[C@H]4C(C)C)ccc3c2)CC1. The van der Waals surface area contributed by atoms with Gasteiger partial charge in [-0.2, -0.15) is 0 Å². The number of hydrogen-bond donors (Lipinski definition) is 0. The molecule has 2 aliphatic rings. The number of piperidine rings is 1. The van der Waals surface area contributed by atoms with Crippen molar-refractivity contribution in [2.24, 2.45) is 23.7 Å². The van der Waals surface area contributed by atoms with Gasteiger partial charge in [-0.1, -0.05) is 45.4 Å². The molecule has 2 aromatic rings. The molecule has 4 rings (SSSR count). The molecule has 1 saturated heterocycles. The third kappa shape index (κ3) is 6.09. The first-order chi connectivity index (χ1) is 15.9. The number of esters is 1. The normalized spacial score (nSPS) is 24.8. The van der Waals surface area contributed by atoms with Crippen molar-refractivity contribution in [3.05, 3.63) is 42.0 Å². The summed E-state index contributed by atoms with van der Waals surface area (Å²) in [5.74, 6) is 3.10. The van der Waals surface area contributed by atoms with Crippen molar-refractivity contribution in [1.29, 1.82) is 0 Å². The van der Waals surface area contributed by atoms with Crippen LogP contribution in [-0.2, 0) is 16.1 Å². The lowest BCUT2D eigenvalue weighted by Crippen LogP contribution is -2.36. The average Bonchev–Trinajstić information content (AvgIpc) is 2.79. The Labute approximate surface area is 199 Å². The first-order valence-corrected chi connectivity index (χ1v) is 13.0. The fourth-order valence-corrected chi connectivity index (χ4v) is 5.72. The van der Waals surface area contributed by atoms with Gasteiger partial charge in [0.1, 0.15) is 11.9 Å². The van der Waals surface area contributed by atoms with Crippen molar-refractivity contribution >= 4 is 16.7 Å². The van der Waals surface area contributed by atoms with Gasteiger partial charge in [-0.3, -0.25) is 9.69 Å². The molecule has 0 spiro atoms. The molecular weight excluding hydrogens is 410 g/mol. The molecule has 0 radical (unpaired) electrons. The van der Waals surface area contributed by atoms with Crippen LogP contribution in [0.3, 0.4) is 0 Å². The number of likely N-dealkylation sites (tertiary alicyclic amines) is 1. The molecule has 0 bridgehead atoms. The topological polar surface area (TPSA) is 38.8 Å². The zero-order chi connectivity index (χ0) is 23.4. The lowest BCUT2D eigenvalue weighted by atomic mass is 9.75.